The molecule has 0 fully saturated rings. The number of rotatable bonds is 2. The number of aliphatic hydroxyl groups excluding tert-OH is 1. The summed E-state index contributed by atoms with van der Waals surface area (Å²) in [5.41, 5.74) is 5.06. The van der Waals surface area contributed by atoms with Crippen molar-refractivity contribution in [2.45, 2.75) is 13.8 Å². The van der Waals surface area contributed by atoms with Crippen molar-refractivity contribution in [1.82, 2.24) is 0 Å². The fourth-order valence-corrected chi connectivity index (χ4v) is 0.186. The average Bonchev–Trinajstić information content (AvgIpc) is 2.05. The summed E-state index contributed by atoms with van der Waals surface area (Å²) in [5, 5.41) is 8.63. The van der Waals surface area contributed by atoms with E-state index in [4.69, 9.17) is 10.8 Å². The Kier molecular flexibility index (Phi) is 8.94. The van der Waals surface area contributed by atoms with Gasteiger partial charge in [0.2, 0.25) is 0 Å². The molecule has 0 amide bonds. The predicted octanol–water partition coefficient (Wildman–Crippen LogP) is 1.58. The Morgan fingerprint density at radius 1 is 1.60 bits per heavy atom. The zero-order chi connectivity index (χ0) is 8.57. The van der Waals surface area contributed by atoms with E-state index in [2.05, 4.69) is 18.3 Å². The first-order valence-corrected chi connectivity index (χ1v) is 3.00. The number of hydrogen-bond donors (Lipinski definition) is 2. The molecule has 10 heavy (non-hydrogen) atoms. The molecular weight excluding hydrogens is 128 g/mol. The van der Waals surface area contributed by atoms with E-state index in [0.717, 1.165) is 0 Å². The van der Waals surface area contributed by atoms with Crippen LogP contribution in [0.2, 0.25) is 0 Å². The smallest absolute Gasteiger partial charge is 0.165 e. The Hall–Kier alpha value is -1.25. The van der Waals surface area contributed by atoms with Crippen molar-refractivity contribution in [3.8, 4) is 0 Å². The third-order valence-corrected chi connectivity index (χ3v) is 0.626. The molecule has 0 radical (unpaired) electrons. The van der Waals surface area contributed by atoms with Gasteiger partial charge in [-0.2, -0.15) is 0 Å². The van der Waals surface area contributed by atoms with Gasteiger partial charge in [-0.05, 0) is 12.8 Å². The fraction of sp³-hybridized carbons (Fsp3) is 0.286. The summed E-state index contributed by atoms with van der Waals surface area (Å²) in [6, 6.07) is 0. The maximum atomic E-state index is 8.63. The van der Waals surface area contributed by atoms with Gasteiger partial charge in [0.1, 0.15) is 0 Å². The van der Waals surface area contributed by atoms with E-state index >= 15 is 0 Å². The van der Waals surface area contributed by atoms with Gasteiger partial charge < -0.3 is 10.8 Å². The summed E-state index contributed by atoms with van der Waals surface area (Å²) in [6.45, 7) is 10.3. The van der Waals surface area contributed by atoms with Gasteiger partial charge in [0.05, 0.1) is 0 Å². The Labute approximate surface area is 61.6 Å². The highest BCUT2D eigenvalue weighted by Crippen LogP contribution is 1.93. The maximum absolute atomic E-state index is 8.63. The molecule has 0 aliphatic rings. The second kappa shape index (κ2) is 7.75. The Morgan fingerprint density at radius 2 is 2.00 bits per heavy atom. The van der Waals surface area contributed by atoms with E-state index in [9.17, 15) is 0 Å². The molecule has 3 heteroatoms. The molecule has 0 atom stereocenters. The molecule has 0 aromatic heterocycles. The van der Waals surface area contributed by atoms with Gasteiger partial charge >= 0.3 is 0 Å². The molecule has 0 heterocycles. The highest BCUT2D eigenvalue weighted by Gasteiger charge is 1.88. The lowest BCUT2D eigenvalue weighted by Gasteiger charge is -1.90. The van der Waals surface area contributed by atoms with E-state index < -0.39 is 0 Å². The lowest BCUT2D eigenvalue weighted by atomic mass is 10.5. The lowest BCUT2D eigenvalue weighted by Crippen LogP contribution is -1.96. The van der Waals surface area contributed by atoms with E-state index in [1.165, 1.54) is 6.08 Å². The molecule has 0 aromatic rings. The standard InChI is InChI=1S/C5H8N2O.C2H6/c1-3-4(8)5(6)7-2;1-2/h3,8H,1-2,6H2;1-2H3/b5-4+;. The topological polar surface area (TPSA) is 58.6 Å². The van der Waals surface area contributed by atoms with Crippen LogP contribution in [-0.4, -0.2) is 11.8 Å². The lowest BCUT2D eigenvalue weighted by molar-refractivity contribution is 0.424. The van der Waals surface area contributed by atoms with Crippen molar-refractivity contribution in [3.63, 3.8) is 0 Å². The summed E-state index contributed by atoms with van der Waals surface area (Å²) in [4.78, 5) is 3.25. The largest absolute Gasteiger partial charge is 0.504 e. The van der Waals surface area contributed by atoms with E-state index in [0.29, 0.717) is 0 Å². The highest BCUT2D eigenvalue weighted by atomic mass is 16.3. The molecule has 0 unspecified atom stereocenters. The van der Waals surface area contributed by atoms with Gasteiger partial charge in [-0.15, -0.1) is 0 Å². The molecule has 3 N–H and O–H groups in total. The number of nitrogens with zero attached hydrogens (tertiary/aromatic N) is 1. The number of aliphatic imine (C=N–C) groups is 1. The minimum atomic E-state index is -0.139. The van der Waals surface area contributed by atoms with Crippen LogP contribution in [0.1, 0.15) is 13.8 Å². The molecule has 0 aliphatic heterocycles. The molecule has 0 saturated heterocycles. The maximum Gasteiger partial charge on any atom is 0.165 e. The monoisotopic (exact) mass is 142 g/mol. The van der Waals surface area contributed by atoms with Crippen LogP contribution in [0.25, 0.3) is 0 Å². The molecule has 0 aliphatic carbocycles. The third-order valence-electron chi connectivity index (χ3n) is 0.626. The zero-order valence-electron chi connectivity index (χ0n) is 6.46. The Bertz CT molecular complexity index is 123. The van der Waals surface area contributed by atoms with Crippen LogP contribution >= 0.6 is 0 Å². The SMILES string of the molecule is C=C/C(O)=C(/N)N=C.CC. The quantitative estimate of drug-likeness (QED) is 0.349. The Morgan fingerprint density at radius 3 is 2.10 bits per heavy atom. The van der Waals surface area contributed by atoms with Gasteiger partial charge in [-0.1, -0.05) is 20.4 Å². The second-order valence-corrected chi connectivity index (χ2v) is 1.13. The normalized spacial score (nSPS) is 10.2. The molecule has 0 saturated carbocycles. The Balaban J connectivity index is 0. The summed E-state index contributed by atoms with van der Waals surface area (Å²) < 4.78 is 0. The average molecular weight is 142 g/mol. The number of nitrogens with two attached hydrogens (primary N) is 1. The molecule has 0 spiro atoms. The number of aliphatic hydroxyl groups is 1. The van der Waals surface area contributed by atoms with Crippen LogP contribution in [0.15, 0.2) is 29.2 Å². The molecule has 0 bridgehead atoms. The number of allylic oxidation sites excluding steroid dienone is 1. The van der Waals surface area contributed by atoms with Crippen molar-refractivity contribution < 1.29 is 5.11 Å². The van der Waals surface area contributed by atoms with Gasteiger partial charge in [-0.3, -0.25) is 0 Å². The van der Waals surface area contributed by atoms with E-state index in [1.54, 1.807) is 0 Å². The van der Waals surface area contributed by atoms with Crippen molar-refractivity contribution in [2.24, 2.45) is 10.7 Å². The first kappa shape index (κ1) is 11.5. The summed E-state index contributed by atoms with van der Waals surface area (Å²) >= 11 is 0. The molecule has 0 aromatic carbocycles. The predicted molar refractivity (Wildman–Crippen MR) is 44.9 cm³/mol. The molecular formula is C7H14N2O. The zero-order valence-corrected chi connectivity index (χ0v) is 6.46. The van der Waals surface area contributed by atoms with Crippen molar-refractivity contribution in [1.29, 1.82) is 0 Å². The van der Waals surface area contributed by atoms with Crippen molar-refractivity contribution in [2.75, 3.05) is 0 Å². The first-order chi connectivity index (χ1) is 4.72. The van der Waals surface area contributed by atoms with E-state index in [-0.39, 0.29) is 11.6 Å². The molecule has 58 valence electrons. The van der Waals surface area contributed by atoms with Gasteiger partial charge in [0.15, 0.2) is 11.6 Å². The number of hydrogen-bond acceptors (Lipinski definition) is 3. The second-order valence-electron chi connectivity index (χ2n) is 1.13. The highest BCUT2D eigenvalue weighted by molar-refractivity contribution is 5.30. The van der Waals surface area contributed by atoms with Crippen LogP contribution in [0.5, 0.6) is 0 Å². The van der Waals surface area contributed by atoms with Crippen molar-refractivity contribution in [3.05, 3.63) is 24.2 Å². The van der Waals surface area contributed by atoms with Crippen LogP contribution < -0.4 is 5.73 Å². The van der Waals surface area contributed by atoms with E-state index in [1.807, 2.05) is 13.8 Å². The van der Waals surface area contributed by atoms with Gasteiger partial charge in [0, 0.05) is 0 Å². The summed E-state index contributed by atoms with van der Waals surface area (Å²) in [7, 11) is 0. The summed E-state index contributed by atoms with van der Waals surface area (Å²) in [5.74, 6) is -0.139. The minimum Gasteiger partial charge on any atom is -0.504 e. The molecule has 0 rings (SSSR count). The van der Waals surface area contributed by atoms with Gasteiger partial charge in [-0.25, -0.2) is 4.99 Å². The summed E-state index contributed by atoms with van der Waals surface area (Å²) in [6.07, 6.45) is 1.20. The third kappa shape index (κ3) is 4.90. The first-order valence-electron chi connectivity index (χ1n) is 3.00. The van der Waals surface area contributed by atoms with Crippen molar-refractivity contribution >= 4 is 6.72 Å². The van der Waals surface area contributed by atoms with Crippen LogP contribution in [-0.2, 0) is 0 Å². The van der Waals surface area contributed by atoms with Crippen LogP contribution in [0.4, 0.5) is 0 Å². The minimum absolute atomic E-state index is 0.000000000000000222. The molecule has 3 nitrogen and oxygen atoms in total. The van der Waals surface area contributed by atoms with Crippen LogP contribution in [0, 0.1) is 0 Å². The van der Waals surface area contributed by atoms with Gasteiger partial charge in [0.25, 0.3) is 0 Å². The van der Waals surface area contributed by atoms with Crippen LogP contribution in [0.3, 0.4) is 0 Å². The fourth-order valence-electron chi connectivity index (χ4n) is 0.186.